The van der Waals surface area contributed by atoms with Crippen molar-refractivity contribution in [1.29, 1.82) is 0 Å². The number of aromatic nitrogens is 5. The summed E-state index contributed by atoms with van der Waals surface area (Å²) in [7, 11) is 0. The molecule has 6 nitrogen and oxygen atoms in total. The molecule has 1 aromatic carbocycles. The van der Waals surface area contributed by atoms with Crippen molar-refractivity contribution >= 4 is 16.9 Å². The Balaban J connectivity index is 1.55. The molecular formula is C16H18N6. The normalized spacial score (nSPS) is 17.4. The Labute approximate surface area is 128 Å². The van der Waals surface area contributed by atoms with Gasteiger partial charge in [0.1, 0.15) is 17.5 Å². The molecule has 0 unspecified atom stereocenters. The van der Waals surface area contributed by atoms with E-state index in [1.807, 2.05) is 30.5 Å². The number of benzene rings is 1. The topological polar surface area (TPSA) is 68.5 Å². The maximum atomic E-state index is 4.64. The van der Waals surface area contributed by atoms with Crippen LogP contribution in [0, 0.1) is 0 Å². The lowest BCUT2D eigenvalue weighted by molar-refractivity contribution is 0.465. The zero-order chi connectivity index (χ0) is 14.9. The van der Waals surface area contributed by atoms with Gasteiger partial charge in [-0.15, -0.1) is 10.2 Å². The number of aryl methyl sites for hydroxylation is 2. The van der Waals surface area contributed by atoms with Crippen molar-refractivity contribution in [3.05, 3.63) is 42.1 Å². The molecular weight excluding hydrogens is 276 g/mol. The minimum atomic E-state index is 0.337. The van der Waals surface area contributed by atoms with E-state index in [1.54, 1.807) is 0 Å². The number of anilines is 1. The SMILES string of the molecule is CCc1nnc2n1C[C@@H](Nc1cnc3ccccc3n1)CC2. The highest BCUT2D eigenvalue weighted by molar-refractivity contribution is 5.75. The Morgan fingerprint density at radius 3 is 2.95 bits per heavy atom. The summed E-state index contributed by atoms with van der Waals surface area (Å²) in [6, 6.07) is 8.26. The van der Waals surface area contributed by atoms with Crippen LogP contribution >= 0.6 is 0 Å². The maximum Gasteiger partial charge on any atom is 0.145 e. The lowest BCUT2D eigenvalue weighted by Crippen LogP contribution is -2.32. The summed E-state index contributed by atoms with van der Waals surface area (Å²) in [6.07, 6.45) is 4.71. The fraction of sp³-hybridized carbons (Fsp3) is 0.375. The molecule has 1 aliphatic rings. The standard InChI is InChI=1S/C16H18N6/c1-2-15-20-21-16-8-7-11(10-22(15)16)18-14-9-17-12-5-3-4-6-13(12)19-14/h3-6,9,11H,2,7-8,10H2,1H3,(H,18,19)/t11-/m0/s1. The van der Waals surface area contributed by atoms with E-state index in [0.717, 1.165) is 54.3 Å². The first-order chi connectivity index (χ1) is 10.8. The van der Waals surface area contributed by atoms with Crippen LogP contribution in [-0.2, 0) is 19.4 Å². The number of fused-ring (bicyclic) bond motifs is 2. The van der Waals surface area contributed by atoms with Gasteiger partial charge in [-0.3, -0.25) is 4.98 Å². The Morgan fingerprint density at radius 1 is 1.23 bits per heavy atom. The van der Waals surface area contributed by atoms with Crippen LogP contribution in [-0.4, -0.2) is 30.8 Å². The van der Waals surface area contributed by atoms with E-state index >= 15 is 0 Å². The Morgan fingerprint density at radius 2 is 2.09 bits per heavy atom. The van der Waals surface area contributed by atoms with Crippen LogP contribution in [0.2, 0.25) is 0 Å². The summed E-state index contributed by atoms with van der Waals surface area (Å²) in [4.78, 5) is 9.10. The Hall–Kier alpha value is -2.50. The quantitative estimate of drug-likeness (QED) is 0.802. The van der Waals surface area contributed by atoms with E-state index in [-0.39, 0.29) is 0 Å². The smallest absolute Gasteiger partial charge is 0.145 e. The molecule has 0 aliphatic carbocycles. The molecule has 0 bridgehead atoms. The van der Waals surface area contributed by atoms with Crippen molar-refractivity contribution in [1.82, 2.24) is 24.7 Å². The highest BCUT2D eigenvalue weighted by atomic mass is 15.3. The summed E-state index contributed by atoms with van der Waals surface area (Å²) in [5.41, 5.74) is 1.84. The van der Waals surface area contributed by atoms with E-state index < -0.39 is 0 Å². The average molecular weight is 294 g/mol. The summed E-state index contributed by atoms with van der Waals surface area (Å²) in [5, 5.41) is 12.0. The molecule has 0 saturated heterocycles. The number of rotatable bonds is 3. The van der Waals surface area contributed by atoms with Crippen LogP contribution in [0.4, 0.5) is 5.82 Å². The molecule has 0 spiro atoms. The van der Waals surface area contributed by atoms with Crippen LogP contribution in [0.3, 0.4) is 0 Å². The largest absolute Gasteiger partial charge is 0.364 e. The first-order valence-electron chi connectivity index (χ1n) is 7.73. The number of nitrogens with one attached hydrogen (secondary N) is 1. The van der Waals surface area contributed by atoms with Gasteiger partial charge in [-0.25, -0.2) is 4.98 Å². The van der Waals surface area contributed by atoms with Gasteiger partial charge in [0.25, 0.3) is 0 Å². The van der Waals surface area contributed by atoms with Gasteiger partial charge in [-0.1, -0.05) is 19.1 Å². The summed E-state index contributed by atoms with van der Waals surface area (Å²) in [5.74, 6) is 2.99. The van der Waals surface area contributed by atoms with Crippen LogP contribution in [0.1, 0.15) is 25.0 Å². The Kier molecular flexibility index (Phi) is 3.21. The van der Waals surface area contributed by atoms with Crippen molar-refractivity contribution in [2.75, 3.05) is 5.32 Å². The highest BCUT2D eigenvalue weighted by Crippen LogP contribution is 2.19. The van der Waals surface area contributed by atoms with Crippen molar-refractivity contribution in [3.8, 4) is 0 Å². The first kappa shape index (κ1) is 13.2. The molecule has 1 atom stereocenters. The lowest BCUT2D eigenvalue weighted by atomic mass is 10.1. The van der Waals surface area contributed by atoms with Crippen molar-refractivity contribution in [2.45, 2.75) is 38.8 Å². The lowest BCUT2D eigenvalue weighted by Gasteiger charge is -2.25. The van der Waals surface area contributed by atoms with Gasteiger partial charge < -0.3 is 9.88 Å². The van der Waals surface area contributed by atoms with Crippen LogP contribution in [0.25, 0.3) is 11.0 Å². The molecule has 112 valence electrons. The van der Waals surface area contributed by atoms with Gasteiger partial charge >= 0.3 is 0 Å². The molecule has 0 amide bonds. The van der Waals surface area contributed by atoms with Crippen LogP contribution < -0.4 is 5.32 Å². The second kappa shape index (κ2) is 5.36. The molecule has 0 saturated carbocycles. The fourth-order valence-electron chi connectivity index (χ4n) is 3.00. The average Bonchev–Trinajstić information content (AvgIpc) is 2.97. The number of hydrogen-bond donors (Lipinski definition) is 1. The van der Waals surface area contributed by atoms with Gasteiger partial charge in [0.2, 0.25) is 0 Å². The summed E-state index contributed by atoms with van der Waals surface area (Å²) < 4.78 is 2.23. The molecule has 3 heterocycles. The van der Waals surface area contributed by atoms with Crippen molar-refractivity contribution < 1.29 is 0 Å². The Bertz CT molecular complexity index is 796. The zero-order valence-corrected chi connectivity index (χ0v) is 12.5. The number of nitrogens with zero attached hydrogens (tertiary/aromatic N) is 5. The van der Waals surface area contributed by atoms with E-state index in [1.165, 1.54) is 0 Å². The second-order valence-electron chi connectivity index (χ2n) is 5.62. The minimum Gasteiger partial charge on any atom is -0.364 e. The highest BCUT2D eigenvalue weighted by Gasteiger charge is 2.22. The van der Waals surface area contributed by atoms with Gasteiger partial charge in [-0.05, 0) is 18.6 Å². The number of hydrogen-bond acceptors (Lipinski definition) is 5. The molecule has 0 fully saturated rings. The van der Waals surface area contributed by atoms with Crippen molar-refractivity contribution in [2.24, 2.45) is 0 Å². The van der Waals surface area contributed by atoms with Gasteiger partial charge in [0.15, 0.2) is 0 Å². The van der Waals surface area contributed by atoms with E-state index in [0.29, 0.717) is 6.04 Å². The van der Waals surface area contributed by atoms with Crippen LogP contribution in [0.5, 0.6) is 0 Å². The van der Waals surface area contributed by atoms with Gasteiger partial charge in [0, 0.05) is 25.4 Å². The summed E-state index contributed by atoms with van der Waals surface area (Å²) >= 11 is 0. The second-order valence-corrected chi connectivity index (χ2v) is 5.62. The third-order valence-electron chi connectivity index (χ3n) is 4.14. The minimum absolute atomic E-state index is 0.337. The number of para-hydroxylation sites is 2. The predicted molar refractivity (Wildman–Crippen MR) is 84.7 cm³/mol. The fourth-order valence-corrected chi connectivity index (χ4v) is 3.00. The predicted octanol–water partition coefficient (Wildman–Crippen LogP) is 2.21. The van der Waals surface area contributed by atoms with Crippen LogP contribution in [0.15, 0.2) is 30.5 Å². The van der Waals surface area contributed by atoms with E-state index in [4.69, 9.17) is 0 Å². The molecule has 6 heteroatoms. The zero-order valence-electron chi connectivity index (χ0n) is 12.5. The van der Waals surface area contributed by atoms with Gasteiger partial charge in [-0.2, -0.15) is 0 Å². The van der Waals surface area contributed by atoms with Gasteiger partial charge in [0.05, 0.1) is 17.2 Å². The third kappa shape index (κ3) is 2.30. The van der Waals surface area contributed by atoms with E-state index in [9.17, 15) is 0 Å². The molecule has 1 aliphatic heterocycles. The molecule has 1 N–H and O–H groups in total. The van der Waals surface area contributed by atoms with E-state index in [2.05, 4.69) is 37.0 Å². The first-order valence-corrected chi connectivity index (χ1v) is 7.73. The monoisotopic (exact) mass is 294 g/mol. The summed E-state index contributed by atoms with van der Waals surface area (Å²) in [6.45, 7) is 3.00. The molecule has 22 heavy (non-hydrogen) atoms. The maximum absolute atomic E-state index is 4.64. The molecule has 3 aromatic rings. The molecule has 0 radical (unpaired) electrons. The third-order valence-corrected chi connectivity index (χ3v) is 4.14. The van der Waals surface area contributed by atoms with Crippen molar-refractivity contribution in [3.63, 3.8) is 0 Å². The molecule has 2 aromatic heterocycles. The molecule has 4 rings (SSSR count).